The fourth-order valence-corrected chi connectivity index (χ4v) is 1.96. The van der Waals surface area contributed by atoms with Gasteiger partial charge in [-0.25, -0.2) is 0 Å². The van der Waals surface area contributed by atoms with Gasteiger partial charge in [0.05, 0.1) is 6.61 Å². The molecular formula is C8H19O2P. The first-order valence-electron chi connectivity index (χ1n) is 4.18. The van der Waals surface area contributed by atoms with Crippen molar-refractivity contribution in [2.75, 3.05) is 12.8 Å². The van der Waals surface area contributed by atoms with Gasteiger partial charge in [-0.3, -0.25) is 4.57 Å². The Labute approximate surface area is 70.2 Å². The van der Waals surface area contributed by atoms with Crippen LogP contribution in [-0.4, -0.2) is 12.8 Å². The van der Waals surface area contributed by atoms with Crippen LogP contribution in [0, 0.1) is 11.8 Å². The van der Waals surface area contributed by atoms with Crippen LogP contribution in [0.3, 0.4) is 0 Å². The zero-order chi connectivity index (χ0) is 8.85. The fourth-order valence-electron chi connectivity index (χ4n) is 0.652. The topological polar surface area (TPSA) is 26.3 Å². The van der Waals surface area contributed by atoms with Gasteiger partial charge in [0.2, 0.25) is 0 Å². The van der Waals surface area contributed by atoms with Crippen molar-refractivity contribution >= 4 is 8.03 Å². The van der Waals surface area contributed by atoms with Gasteiger partial charge in [-0.15, -0.1) is 0 Å². The van der Waals surface area contributed by atoms with E-state index in [2.05, 4.69) is 27.7 Å². The van der Waals surface area contributed by atoms with Gasteiger partial charge in [-0.2, -0.15) is 0 Å². The van der Waals surface area contributed by atoms with Crippen molar-refractivity contribution in [2.45, 2.75) is 27.7 Å². The minimum absolute atomic E-state index is 0.480. The molecule has 11 heavy (non-hydrogen) atoms. The highest BCUT2D eigenvalue weighted by Crippen LogP contribution is 2.25. The molecule has 0 aromatic rings. The van der Waals surface area contributed by atoms with Gasteiger partial charge in [0.15, 0.2) is 8.03 Å². The van der Waals surface area contributed by atoms with Gasteiger partial charge in [0, 0.05) is 6.16 Å². The van der Waals surface area contributed by atoms with Crippen molar-refractivity contribution in [1.82, 2.24) is 0 Å². The van der Waals surface area contributed by atoms with Crippen molar-refractivity contribution in [3.63, 3.8) is 0 Å². The van der Waals surface area contributed by atoms with E-state index in [9.17, 15) is 4.57 Å². The molecule has 0 aromatic heterocycles. The van der Waals surface area contributed by atoms with Crippen molar-refractivity contribution in [3.8, 4) is 0 Å². The molecule has 2 nitrogen and oxygen atoms in total. The summed E-state index contributed by atoms with van der Waals surface area (Å²) < 4.78 is 16.3. The fraction of sp³-hybridized carbons (Fsp3) is 1.00. The van der Waals surface area contributed by atoms with Gasteiger partial charge in [0.25, 0.3) is 0 Å². The number of hydrogen-bond acceptors (Lipinski definition) is 2. The van der Waals surface area contributed by atoms with Crippen LogP contribution in [0.15, 0.2) is 0 Å². The molecule has 0 aliphatic heterocycles. The third-order valence-electron chi connectivity index (χ3n) is 1.15. The van der Waals surface area contributed by atoms with Crippen LogP contribution in [0.4, 0.5) is 0 Å². The highest BCUT2D eigenvalue weighted by molar-refractivity contribution is 7.39. The van der Waals surface area contributed by atoms with Crippen LogP contribution >= 0.6 is 8.03 Å². The summed E-state index contributed by atoms with van der Waals surface area (Å²) in [5.74, 6) is 0.963. The maximum absolute atomic E-state index is 11.1. The Kier molecular flexibility index (Phi) is 5.89. The molecule has 0 spiro atoms. The Morgan fingerprint density at radius 3 is 2.09 bits per heavy atom. The van der Waals surface area contributed by atoms with Crippen LogP contribution in [0.1, 0.15) is 27.7 Å². The summed E-state index contributed by atoms with van der Waals surface area (Å²) in [6.07, 6.45) is 0.720. The Morgan fingerprint density at radius 1 is 1.18 bits per heavy atom. The standard InChI is InChI=1S/C8H19O2P/c1-7(2)5-10-11(9)6-8(3)4/h7-8,11H,5-6H2,1-4H3. The van der Waals surface area contributed by atoms with Gasteiger partial charge in [0.1, 0.15) is 0 Å². The first-order chi connectivity index (χ1) is 5.02. The minimum atomic E-state index is -1.73. The summed E-state index contributed by atoms with van der Waals surface area (Å²) in [4.78, 5) is 0. The van der Waals surface area contributed by atoms with Crippen LogP contribution in [0.25, 0.3) is 0 Å². The van der Waals surface area contributed by atoms with E-state index >= 15 is 0 Å². The molecule has 0 aliphatic rings. The van der Waals surface area contributed by atoms with Gasteiger partial charge in [-0.05, 0) is 11.8 Å². The highest BCUT2D eigenvalue weighted by Gasteiger charge is 2.03. The van der Waals surface area contributed by atoms with Crippen LogP contribution in [-0.2, 0) is 9.09 Å². The minimum Gasteiger partial charge on any atom is -0.330 e. The lowest BCUT2D eigenvalue weighted by Crippen LogP contribution is -1.99. The maximum Gasteiger partial charge on any atom is 0.191 e. The molecular weight excluding hydrogens is 159 g/mol. The SMILES string of the molecule is CC(C)CO[PH](=O)CC(C)C. The molecule has 0 radical (unpaired) electrons. The smallest absolute Gasteiger partial charge is 0.191 e. The van der Waals surface area contributed by atoms with E-state index in [4.69, 9.17) is 4.52 Å². The molecule has 0 aromatic carbocycles. The first-order valence-corrected chi connectivity index (χ1v) is 5.70. The van der Waals surface area contributed by atoms with Gasteiger partial charge >= 0.3 is 0 Å². The molecule has 68 valence electrons. The molecule has 0 fully saturated rings. The lowest BCUT2D eigenvalue weighted by atomic mass is 10.2. The largest absolute Gasteiger partial charge is 0.330 e. The molecule has 0 saturated carbocycles. The number of hydrogen-bond donors (Lipinski definition) is 0. The molecule has 0 amide bonds. The summed E-state index contributed by atoms with van der Waals surface area (Å²) in [7, 11) is -1.73. The zero-order valence-electron chi connectivity index (χ0n) is 7.89. The highest BCUT2D eigenvalue weighted by atomic mass is 31.1. The van der Waals surface area contributed by atoms with Crippen molar-refractivity contribution in [2.24, 2.45) is 11.8 Å². The average molecular weight is 178 g/mol. The molecule has 0 heterocycles. The summed E-state index contributed by atoms with van der Waals surface area (Å²) in [5, 5.41) is 0. The van der Waals surface area contributed by atoms with Crippen LogP contribution in [0.2, 0.25) is 0 Å². The average Bonchev–Trinajstić information content (AvgIpc) is 1.82. The molecule has 0 N–H and O–H groups in total. The van der Waals surface area contributed by atoms with E-state index in [0.717, 1.165) is 6.16 Å². The summed E-state index contributed by atoms with van der Waals surface area (Å²) >= 11 is 0. The quantitative estimate of drug-likeness (QED) is 0.605. The predicted molar refractivity (Wildman–Crippen MR) is 49.5 cm³/mol. The van der Waals surface area contributed by atoms with Gasteiger partial charge < -0.3 is 4.52 Å². The molecule has 1 atom stereocenters. The molecule has 0 saturated heterocycles. The molecule has 1 unspecified atom stereocenters. The second kappa shape index (κ2) is 5.79. The summed E-state index contributed by atoms with van der Waals surface area (Å²) in [6.45, 7) is 8.86. The van der Waals surface area contributed by atoms with Crippen LogP contribution < -0.4 is 0 Å². The predicted octanol–water partition coefficient (Wildman–Crippen LogP) is 2.79. The van der Waals surface area contributed by atoms with E-state index in [1.165, 1.54) is 0 Å². The van der Waals surface area contributed by atoms with Crippen molar-refractivity contribution in [1.29, 1.82) is 0 Å². The van der Waals surface area contributed by atoms with E-state index in [1.807, 2.05) is 0 Å². The molecule has 0 rings (SSSR count). The Hall–Kier alpha value is 0.190. The lowest BCUT2D eigenvalue weighted by Gasteiger charge is -2.07. The maximum atomic E-state index is 11.1. The second-order valence-electron chi connectivity index (χ2n) is 3.67. The van der Waals surface area contributed by atoms with E-state index in [0.29, 0.717) is 18.4 Å². The molecule has 0 aliphatic carbocycles. The lowest BCUT2D eigenvalue weighted by molar-refractivity contribution is 0.281. The summed E-state index contributed by atoms with van der Waals surface area (Å²) in [5.41, 5.74) is 0. The molecule has 0 bridgehead atoms. The monoisotopic (exact) mass is 178 g/mol. The second-order valence-corrected chi connectivity index (χ2v) is 5.12. The molecule has 3 heteroatoms. The van der Waals surface area contributed by atoms with E-state index < -0.39 is 8.03 Å². The van der Waals surface area contributed by atoms with E-state index in [1.54, 1.807) is 0 Å². The van der Waals surface area contributed by atoms with Crippen LogP contribution in [0.5, 0.6) is 0 Å². The Bertz CT molecular complexity index is 121. The number of rotatable bonds is 5. The van der Waals surface area contributed by atoms with Gasteiger partial charge in [-0.1, -0.05) is 27.7 Å². The third kappa shape index (κ3) is 8.09. The first kappa shape index (κ1) is 11.2. The normalized spacial score (nSPS) is 14.4. The van der Waals surface area contributed by atoms with Crippen molar-refractivity contribution in [3.05, 3.63) is 0 Å². The third-order valence-corrected chi connectivity index (χ3v) is 2.79. The zero-order valence-corrected chi connectivity index (χ0v) is 8.89. The Balaban J connectivity index is 3.38. The Morgan fingerprint density at radius 2 is 1.73 bits per heavy atom. The summed E-state index contributed by atoms with van der Waals surface area (Å²) in [6, 6.07) is 0. The van der Waals surface area contributed by atoms with E-state index in [-0.39, 0.29) is 0 Å². The van der Waals surface area contributed by atoms with Crippen molar-refractivity contribution < 1.29 is 9.09 Å².